The van der Waals surface area contributed by atoms with E-state index in [0.717, 1.165) is 34.6 Å². The molecule has 146 valence electrons. The van der Waals surface area contributed by atoms with Crippen LogP contribution in [0.25, 0.3) is 11.3 Å². The number of amides is 1. The summed E-state index contributed by atoms with van der Waals surface area (Å²) in [5.41, 5.74) is 4.49. The number of methoxy groups -OCH3 is 1. The van der Waals surface area contributed by atoms with Gasteiger partial charge in [0, 0.05) is 49.0 Å². The molecule has 2 aromatic heterocycles. The molecule has 0 fully saturated rings. The quantitative estimate of drug-likeness (QED) is 0.567. The van der Waals surface area contributed by atoms with Crippen molar-refractivity contribution in [1.29, 1.82) is 0 Å². The van der Waals surface area contributed by atoms with Crippen LogP contribution < -0.4 is 10.1 Å². The average Bonchev–Trinajstić information content (AvgIpc) is 3.16. The first-order valence-corrected chi connectivity index (χ1v) is 9.86. The molecule has 7 heteroatoms. The van der Waals surface area contributed by atoms with Crippen molar-refractivity contribution in [2.75, 3.05) is 25.6 Å². The fourth-order valence-corrected chi connectivity index (χ4v) is 3.55. The second-order valence-corrected chi connectivity index (χ2v) is 7.22. The first-order valence-electron chi connectivity index (χ1n) is 8.98. The Morgan fingerprint density at radius 1 is 1.14 bits per heavy atom. The smallest absolute Gasteiger partial charge is 0.257 e. The van der Waals surface area contributed by atoms with E-state index in [1.54, 1.807) is 31.6 Å². The summed E-state index contributed by atoms with van der Waals surface area (Å²) in [5, 5.41) is 5.34. The predicted molar refractivity (Wildman–Crippen MR) is 111 cm³/mol. The van der Waals surface area contributed by atoms with Crippen molar-refractivity contribution in [2.24, 2.45) is 0 Å². The number of ether oxygens (including phenoxy) is 2. The third kappa shape index (κ3) is 4.94. The lowest BCUT2D eigenvalue weighted by molar-refractivity contribution is 0.102. The lowest BCUT2D eigenvalue weighted by atomic mass is 10.0. The molecule has 0 aliphatic carbocycles. The number of nitrogens with one attached hydrogen (secondary N) is 1. The van der Waals surface area contributed by atoms with Crippen LogP contribution in [0.1, 0.15) is 27.9 Å². The van der Waals surface area contributed by atoms with Crippen LogP contribution in [0.5, 0.6) is 5.75 Å². The van der Waals surface area contributed by atoms with Gasteiger partial charge in [0.25, 0.3) is 5.91 Å². The van der Waals surface area contributed by atoms with Crippen LogP contribution >= 0.6 is 11.3 Å². The molecule has 0 saturated carbocycles. The van der Waals surface area contributed by atoms with Gasteiger partial charge in [0.05, 0.1) is 12.3 Å². The third-order valence-corrected chi connectivity index (χ3v) is 4.92. The van der Waals surface area contributed by atoms with Gasteiger partial charge in [0.15, 0.2) is 5.13 Å². The van der Waals surface area contributed by atoms with E-state index in [1.807, 2.05) is 19.2 Å². The zero-order valence-electron chi connectivity index (χ0n) is 16.2. The summed E-state index contributed by atoms with van der Waals surface area (Å²) in [5.74, 6) is 0.705. The van der Waals surface area contributed by atoms with Crippen LogP contribution in [0.3, 0.4) is 0 Å². The number of aromatic nitrogens is 2. The van der Waals surface area contributed by atoms with Gasteiger partial charge in [0.1, 0.15) is 5.75 Å². The topological polar surface area (TPSA) is 73.3 Å². The SMILES string of the molecule is COCCCOc1c(C)cc(-c2csc(NC(=O)c3ccncc3)n2)cc1C. The summed E-state index contributed by atoms with van der Waals surface area (Å²) < 4.78 is 11.0. The maximum absolute atomic E-state index is 12.3. The van der Waals surface area contributed by atoms with Gasteiger partial charge in [0.2, 0.25) is 0 Å². The molecule has 6 nitrogen and oxygen atoms in total. The van der Waals surface area contributed by atoms with E-state index in [1.165, 1.54) is 11.3 Å². The van der Waals surface area contributed by atoms with E-state index in [4.69, 9.17) is 9.47 Å². The molecular formula is C21H23N3O3S. The molecule has 0 unspecified atom stereocenters. The average molecular weight is 398 g/mol. The number of benzene rings is 1. The Hall–Kier alpha value is -2.77. The highest BCUT2D eigenvalue weighted by Gasteiger charge is 2.12. The van der Waals surface area contributed by atoms with Crippen LogP contribution in [-0.2, 0) is 4.74 Å². The number of pyridine rings is 1. The van der Waals surface area contributed by atoms with Gasteiger partial charge in [-0.2, -0.15) is 0 Å². The van der Waals surface area contributed by atoms with E-state index >= 15 is 0 Å². The molecule has 0 radical (unpaired) electrons. The molecule has 1 amide bonds. The highest BCUT2D eigenvalue weighted by atomic mass is 32.1. The van der Waals surface area contributed by atoms with Crippen LogP contribution in [0.4, 0.5) is 5.13 Å². The van der Waals surface area contributed by atoms with E-state index in [9.17, 15) is 4.79 Å². The molecule has 3 rings (SSSR count). The van der Waals surface area contributed by atoms with Crippen molar-refractivity contribution in [1.82, 2.24) is 9.97 Å². The first-order chi connectivity index (χ1) is 13.6. The number of hydrogen-bond donors (Lipinski definition) is 1. The lowest BCUT2D eigenvalue weighted by Gasteiger charge is -2.13. The van der Waals surface area contributed by atoms with E-state index in [2.05, 4.69) is 27.4 Å². The monoisotopic (exact) mass is 397 g/mol. The molecule has 28 heavy (non-hydrogen) atoms. The predicted octanol–water partition coefficient (Wildman–Crippen LogP) is 4.49. The van der Waals surface area contributed by atoms with Gasteiger partial charge in [-0.3, -0.25) is 15.1 Å². The number of aryl methyl sites for hydroxylation is 2. The number of nitrogens with zero attached hydrogens (tertiary/aromatic N) is 2. The molecule has 1 aromatic carbocycles. The highest BCUT2D eigenvalue weighted by molar-refractivity contribution is 7.14. The lowest BCUT2D eigenvalue weighted by Crippen LogP contribution is -2.11. The van der Waals surface area contributed by atoms with Gasteiger partial charge in [-0.05, 0) is 49.2 Å². The fraction of sp³-hybridized carbons (Fsp3) is 0.286. The van der Waals surface area contributed by atoms with Crippen molar-refractivity contribution in [3.8, 4) is 17.0 Å². The van der Waals surface area contributed by atoms with Gasteiger partial charge in [-0.15, -0.1) is 11.3 Å². The molecule has 0 aliphatic heterocycles. The maximum Gasteiger partial charge on any atom is 0.257 e. The maximum atomic E-state index is 12.3. The Kier molecular flexibility index (Phi) is 6.73. The molecular weight excluding hydrogens is 374 g/mol. The van der Waals surface area contributed by atoms with Crippen LogP contribution in [0, 0.1) is 13.8 Å². The van der Waals surface area contributed by atoms with Crippen molar-refractivity contribution in [2.45, 2.75) is 20.3 Å². The zero-order chi connectivity index (χ0) is 19.9. The molecule has 0 aliphatic rings. The largest absolute Gasteiger partial charge is 0.493 e. The highest BCUT2D eigenvalue weighted by Crippen LogP contribution is 2.32. The van der Waals surface area contributed by atoms with Crippen molar-refractivity contribution in [3.05, 3.63) is 58.7 Å². The van der Waals surface area contributed by atoms with Crippen molar-refractivity contribution < 1.29 is 14.3 Å². The molecule has 0 saturated heterocycles. The second kappa shape index (κ2) is 9.43. The number of anilines is 1. The molecule has 2 heterocycles. The Bertz CT molecular complexity index is 918. The number of carbonyl (C=O) groups excluding carboxylic acids is 1. The van der Waals surface area contributed by atoms with E-state index in [-0.39, 0.29) is 5.91 Å². The van der Waals surface area contributed by atoms with Crippen LogP contribution in [0.2, 0.25) is 0 Å². The molecule has 3 aromatic rings. The Labute approximate surface area is 168 Å². The zero-order valence-corrected chi connectivity index (χ0v) is 17.0. The molecule has 1 N–H and O–H groups in total. The van der Waals surface area contributed by atoms with Gasteiger partial charge in [-0.25, -0.2) is 4.98 Å². The minimum atomic E-state index is -0.199. The summed E-state index contributed by atoms with van der Waals surface area (Å²) in [6.07, 6.45) is 4.03. The first kappa shape index (κ1) is 20.0. The standard InChI is InChI=1S/C21H23N3O3S/c1-14-11-17(12-15(2)19(14)27-10-4-9-26-3)18-13-28-21(23-18)24-20(25)16-5-7-22-8-6-16/h5-8,11-13H,4,9-10H2,1-3H3,(H,23,24,25). The minimum absolute atomic E-state index is 0.199. The number of carbonyl (C=O) groups is 1. The Morgan fingerprint density at radius 3 is 2.54 bits per heavy atom. The van der Waals surface area contributed by atoms with Crippen molar-refractivity contribution >= 4 is 22.4 Å². The second-order valence-electron chi connectivity index (χ2n) is 6.36. The van der Waals surface area contributed by atoms with E-state index in [0.29, 0.717) is 23.9 Å². The molecule has 0 spiro atoms. The summed E-state index contributed by atoms with van der Waals surface area (Å²) in [4.78, 5) is 20.7. The number of rotatable bonds is 8. The van der Waals surface area contributed by atoms with Gasteiger partial charge >= 0.3 is 0 Å². The summed E-state index contributed by atoms with van der Waals surface area (Å²) >= 11 is 1.40. The normalized spacial score (nSPS) is 10.7. The Morgan fingerprint density at radius 2 is 1.86 bits per heavy atom. The van der Waals surface area contributed by atoms with Gasteiger partial charge in [-0.1, -0.05) is 0 Å². The Balaban J connectivity index is 1.71. The van der Waals surface area contributed by atoms with Crippen LogP contribution in [0.15, 0.2) is 42.0 Å². The van der Waals surface area contributed by atoms with Crippen molar-refractivity contribution in [3.63, 3.8) is 0 Å². The molecule has 0 bridgehead atoms. The summed E-state index contributed by atoms with van der Waals surface area (Å²) in [6, 6.07) is 7.45. The van der Waals surface area contributed by atoms with Gasteiger partial charge < -0.3 is 9.47 Å². The fourth-order valence-electron chi connectivity index (χ4n) is 2.84. The third-order valence-electron chi connectivity index (χ3n) is 4.16. The molecule has 0 atom stereocenters. The number of thiazole rings is 1. The minimum Gasteiger partial charge on any atom is -0.493 e. The summed E-state index contributed by atoms with van der Waals surface area (Å²) in [6.45, 7) is 5.36. The van der Waals surface area contributed by atoms with Crippen LogP contribution in [-0.4, -0.2) is 36.2 Å². The number of hydrogen-bond acceptors (Lipinski definition) is 6. The summed E-state index contributed by atoms with van der Waals surface area (Å²) in [7, 11) is 1.69. The van der Waals surface area contributed by atoms with E-state index < -0.39 is 0 Å².